The Morgan fingerprint density at radius 3 is 1.72 bits per heavy atom. The van der Waals surface area contributed by atoms with Gasteiger partial charge in [-0.1, -0.05) is 66.7 Å². The van der Waals surface area contributed by atoms with Crippen LogP contribution in [0.2, 0.25) is 0 Å². The Labute approximate surface area is 185 Å². The van der Waals surface area contributed by atoms with Crippen LogP contribution in [0, 0.1) is 17.9 Å². The maximum absolute atomic E-state index is 12.4. The molecule has 0 aliphatic carbocycles. The predicted octanol–water partition coefficient (Wildman–Crippen LogP) is 3.07. The van der Waals surface area contributed by atoms with Crippen LogP contribution in [-0.2, 0) is 19.1 Å². The van der Waals surface area contributed by atoms with Gasteiger partial charge in [-0.2, -0.15) is 5.26 Å². The van der Waals surface area contributed by atoms with Gasteiger partial charge in [0, 0.05) is 5.22 Å². The first-order chi connectivity index (χ1) is 15.5. The average molecular weight is 422 g/mol. The van der Waals surface area contributed by atoms with Gasteiger partial charge in [0.05, 0.1) is 20.8 Å². The van der Waals surface area contributed by atoms with Crippen molar-refractivity contribution in [1.82, 2.24) is 0 Å². The third-order valence-electron chi connectivity index (χ3n) is 4.84. The Morgan fingerprint density at radius 2 is 1.28 bits per heavy atom. The van der Waals surface area contributed by atoms with Crippen LogP contribution in [-0.4, -0.2) is 26.2 Å². The van der Waals surface area contributed by atoms with Gasteiger partial charge in [0.25, 0.3) is 5.70 Å². The summed E-state index contributed by atoms with van der Waals surface area (Å²) in [5.74, 6) is -1.56. The van der Waals surface area contributed by atoms with Crippen molar-refractivity contribution in [1.29, 1.82) is 5.26 Å². The topological polar surface area (TPSA) is 80.8 Å². The predicted molar refractivity (Wildman–Crippen MR) is 120 cm³/mol. The minimum Gasteiger partial charge on any atom is -0.474 e. The molecule has 3 aromatic rings. The van der Waals surface area contributed by atoms with Crippen LogP contribution in [0.15, 0.2) is 72.8 Å². The number of nitrogens with zero attached hydrogens (tertiary/aromatic N) is 2. The van der Waals surface area contributed by atoms with Crippen molar-refractivity contribution >= 4 is 23.2 Å². The minimum absolute atomic E-state index is 0.183. The molecule has 0 aliphatic rings. The fourth-order valence-electron chi connectivity index (χ4n) is 3.35. The van der Waals surface area contributed by atoms with E-state index in [0.29, 0.717) is 32.7 Å². The zero-order valence-electron chi connectivity index (χ0n) is 17.5. The molecule has 0 heterocycles. The molecule has 0 atom stereocenters. The molecule has 0 aromatic heterocycles. The van der Waals surface area contributed by atoms with E-state index < -0.39 is 11.9 Å². The Morgan fingerprint density at radius 1 is 0.812 bits per heavy atom. The molecule has 3 rings (SSSR count). The van der Waals surface area contributed by atoms with Gasteiger partial charge in [0.2, 0.25) is 0 Å². The second-order valence-corrected chi connectivity index (χ2v) is 6.61. The van der Waals surface area contributed by atoms with Gasteiger partial charge in [0.15, 0.2) is 0 Å². The first-order valence-corrected chi connectivity index (χ1v) is 9.53. The van der Waals surface area contributed by atoms with Crippen LogP contribution in [0.25, 0.3) is 38.4 Å². The third-order valence-corrected chi connectivity index (χ3v) is 4.84. The van der Waals surface area contributed by atoms with Gasteiger partial charge in [0.1, 0.15) is 11.6 Å². The molecule has 0 fully saturated rings. The van der Waals surface area contributed by atoms with Crippen molar-refractivity contribution in [3.8, 4) is 28.3 Å². The number of benzene rings is 3. The first kappa shape index (κ1) is 22.0. The number of hydrogen-bond acceptors (Lipinski definition) is 5. The van der Waals surface area contributed by atoms with Crippen molar-refractivity contribution in [2.24, 2.45) is 0 Å². The molecule has 3 aromatic carbocycles. The van der Waals surface area contributed by atoms with Crippen molar-refractivity contribution < 1.29 is 19.1 Å². The van der Waals surface area contributed by atoms with E-state index >= 15 is 0 Å². The summed E-state index contributed by atoms with van der Waals surface area (Å²) in [4.78, 5) is 28.2. The average Bonchev–Trinajstić information content (AvgIpc) is 2.85. The highest BCUT2D eigenvalue weighted by Crippen LogP contribution is 2.21. The van der Waals surface area contributed by atoms with E-state index in [1.807, 2.05) is 66.7 Å². The standard InChI is InChI=1S/C26H18N2O4/c1-28-24(26(30)32-3)22-15-19(17-10-6-4-7-11-17)21(23(16-27)25(29)31-2)14-20(22)18-12-8-5-9-13-18/h4-15H,2-3H3. The molecule has 0 saturated heterocycles. The number of nitriles is 1. The third kappa shape index (κ3) is 4.26. The van der Waals surface area contributed by atoms with E-state index in [2.05, 4.69) is 4.85 Å². The molecule has 0 amide bonds. The normalized spacial score (nSPS) is 12.0. The first-order valence-electron chi connectivity index (χ1n) is 9.53. The highest BCUT2D eigenvalue weighted by molar-refractivity contribution is 6.16. The maximum atomic E-state index is 12.4. The van der Waals surface area contributed by atoms with Crippen LogP contribution in [0.1, 0.15) is 0 Å². The molecule has 0 radical (unpaired) electrons. The molecular formula is C26H18N2O4. The van der Waals surface area contributed by atoms with E-state index in [9.17, 15) is 14.9 Å². The fourth-order valence-corrected chi connectivity index (χ4v) is 3.35. The summed E-state index contributed by atoms with van der Waals surface area (Å²) in [5.41, 5.74) is 2.04. The number of esters is 2. The Hall–Kier alpha value is -4.68. The summed E-state index contributed by atoms with van der Waals surface area (Å²) in [6.07, 6.45) is 0. The van der Waals surface area contributed by atoms with Gasteiger partial charge in [-0.25, -0.2) is 9.64 Å². The largest absolute Gasteiger partial charge is 0.474 e. The quantitative estimate of drug-likeness (QED) is 0.477. The number of ether oxygens (including phenoxy) is 2. The number of carbonyl (C=O) groups excluding carboxylic acids is 2. The van der Waals surface area contributed by atoms with Crippen molar-refractivity contribution in [2.75, 3.05) is 14.2 Å². The SMILES string of the molecule is [C-]#[N+]C(C(=O)OC)=c1cc(-c2ccccc2)c(=C(C#N)C(=O)OC)cc1-c1ccccc1. The molecule has 0 spiro atoms. The fraction of sp³-hybridized carbons (Fsp3) is 0.0769. The second kappa shape index (κ2) is 9.88. The molecule has 0 bridgehead atoms. The zero-order chi connectivity index (χ0) is 23.1. The lowest BCUT2D eigenvalue weighted by atomic mass is 9.93. The van der Waals surface area contributed by atoms with E-state index in [-0.39, 0.29) is 11.3 Å². The van der Waals surface area contributed by atoms with Crippen LogP contribution >= 0.6 is 0 Å². The molecule has 6 heteroatoms. The summed E-state index contributed by atoms with van der Waals surface area (Å²) in [7, 11) is 2.41. The minimum atomic E-state index is -0.779. The lowest BCUT2D eigenvalue weighted by Gasteiger charge is -2.11. The Balaban J connectivity index is 2.64. The van der Waals surface area contributed by atoms with E-state index in [1.165, 1.54) is 14.2 Å². The molecule has 6 nitrogen and oxygen atoms in total. The highest BCUT2D eigenvalue weighted by atomic mass is 16.5. The second-order valence-electron chi connectivity index (χ2n) is 6.61. The molecule has 0 saturated carbocycles. The van der Waals surface area contributed by atoms with Gasteiger partial charge < -0.3 is 9.47 Å². The molecule has 32 heavy (non-hydrogen) atoms. The van der Waals surface area contributed by atoms with E-state index in [0.717, 1.165) is 0 Å². The summed E-state index contributed by atoms with van der Waals surface area (Å²) in [5, 5.41) is 10.4. The van der Waals surface area contributed by atoms with Gasteiger partial charge in [-0.05, 0) is 33.5 Å². The van der Waals surface area contributed by atoms with Gasteiger partial charge in [-0.15, -0.1) is 0 Å². The molecular weight excluding hydrogens is 404 g/mol. The number of carbonyl (C=O) groups is 2. The molecule has 156 valence electrons. The summed E-state index contributed by atoms with van der Waals surface area (Å²) in [6.45, 7) is 7.59. The van der Waals surface area contributed by atoms with E-state index in [1.54, 1.807) is 12.1 Å². The summed E-state index contributed by atoms with van der Waals surface area (Å²) in [6, 6.07) is 23.4. The van der Waals surface area contributed by atoms with Crippen LogP contribution < -0.4 is 10.4 Å². The summed E-state index contributed by atoms with van der Waals surface area (Å²) < 4.78 is 9.65. The highest BCUT2D eigenvalue weighted by Gasteiger charge is 2.19. The van der Waals surface area contributed by atoms with Crippen LogP contribution in [0.5, 0.6) is 0 Å². The Bertz CT molecular complexity index is 1270. The monoisotopic (exact) mass is 422 g/mol. The summed E-state index contributed by atoms with van der Waals surface area (Å²) >= 11 is 0. The van der Waals surface area contributed by atoms with Crippen LogP contribution in [0.3, 0.4) is 0 Å². The number of rotatable bonds is 4. The van der Waals surface area contributed by atoms with E-state index in [4.69, 9.17) is 16.0 Å². The molecule has 0 N–H and O–H groups in total. The zero-order valence-corrected chi connectivity index (χ0v) is 17.5. The maximum Gasteiger partial charge on any atom is 0.349 e. The number of methoxy groups -OCH3 is 2. The van der Waals surface area contributed by atoms with Gasteiger partial charge >= 0.3 is 11.9 Å². The molecule has 0 unspecified atom stereocenters. The Kier molecular flexibility index (Phi) is 6.80. The lowest BCUT2D eigenvalue weighted by Crippen LogP contribution is -2.24. The van der Waals surface area contributed by atoms with Crippen LogP contribution in [0.4, 0.5) is 0 Å². The lowest BCUT2D eigenvalue weighted by molar-refractivity contribution is -0.134. The number of hydrogen-bond donors (Lipinski definition) is 0. The van der Waals surface area contributed by atoms with Gasteiger partial charge in [-0.3, -0.25) is 4.79 Å². The smallest absolute Gasteiger partial charge is 0.349 e. The van der Waals surface area contributed by atoms with Crippen molar-refractivity contribution in [3.05, 3.63) is 94.7 Å². The van der Waals surface area contributed by atoms with Crippen molar-refractivity contribution in [3.63, 3.8) is 0 Å². The molecule has 0 aliphatic heterocycles. The van der Waals surface area contributed by atoms with Crippen molar-refractivity contribution in [2.45, 2.75) is 0 Å².